The summed E-state index contributed by atoms with van der Waals surface area (Å²) in [6, 6.07) is 6.46. The number of nitrogens with one attached hydrogen (secondary N) is 1. The van der Waals surface area contributed by atoms with E-state index in [2.05, 4.69) is 25.2 Å². The number of anilines is 2. The fourth-order valence-corrected chi connectivity index (χ4v) is 2.21. The van der Waals surface area contributed by atoms with E-state index in [1.807, 2.05) is 0 Å². The Hall–Kier alpha value is -3.43. The first kappa shape index (κ1) is 15.5. The number of non-ortho nitro benzene ring substituents is 1. The van der Waals surface area contributed by atoms with E-state index in [0.717, 1.165) is 5.69 Å². The molecule has 0 fully saturated rings. The molecule has 0 aliphatic heterocycles. The van der Waals surface area contributed by atoms with Gasteiger partial charge in [-0.1, -0.05) is 0 Å². The molecule has 0 atom stereocenters. The second-order valence-electron chi connectivity index (χ2n) is 4.87. The van der Waals surface area contributed by atoms with Gasteiger partial charge in [-0.3, -0.25) is 15.1 Å². The topological polar surface area (TPSA) is 142 Å². The monoisotopic (exact) mass is 330 g/mol. The predicted molar refractivity (Wildman–Crippen MR) is 85.7 cm³/mol. The van der Waals surface area contributed by atoms with Crippen LogP contribution in [0, 0.1) is 10.1 Å². The molecule has 1 aromatic carbocycles. The summed E-state index contributed by atoms with van der Waals surface area (Å²) in [4.78, 5) is 14.9. The quantitative estimate of drug-likeness (QED) is 0.377. The number of fused-ring (bicyclic) bond motifs is 1. The number of aromatic nitrogens is 3. The van der Waals surface area contributed by atoms with Crippen LogP contribution in [0.4, 0.5) is 17.2 Å². The second-order valence-corrected chi connectivity index (χ2v) is 4.87. The van der Waals surface area contributed by atoms with Crippen molar-refractivity contribution in [2.75, 3.05) is 24.2 Å². The van der Waals surface area contributed by atoms with Gasteiger partial charge in [0.05, 0.1) is 22.6 Å². The summed E-state index contributed by atoms with van der Waals surface area (Å²) in [7, 11) is 0. The lowest BCUT2D eigenvalue weighted by Gasteiger charge is -2.09. The number of nitrogen functional groups attached to an aromatic ring is 1. The van der Waals surface area contributed by atoms with Crippen molar-refractivity contribution in [1.82, 2.24) is 15.3 Å². The second kappa shape index (κ2) is 6.77. The van der Waals surface area contributed by atoms with Gasteiger partial charge in [-0.15, -0.1) is 0 Å². The molecule has 0 saturated heterocycles. The van der Waals surface area contributed by atoms with Crippen molar-refractivity contribution in [1.29, 1.82) is 0 Å². The predicted octanol–water partition coefficient (Wildman–Crippen LogP) is 1.99. The molecule has 2 aromatic heterocycles. The summed E-state index contributed by atoms with van der Waals surface area (Å²) in [5, 5.41) is 21.7. The molecule has 0 saturated carbocycles. The highest BCUT2D eigenvalue weighted by Gasteiger charge is 2.14. The Morgan fingerprint density at radius 3 is 2.96 bits per heavy atom. The number of hydrogen-bond acceptors (Lipinski definition) is 9. The summed E-state index contributed by atoms with van der Waals surface area (Å²) in [5.74, 6) is 0.269. The number of hydrogen-bond donors (Lipinski definition) is 2. The summed E-state index contributed by atoms with van der Waals surface area (Å²) >= 11 is 0. The standard InChI is InChI=1S/C14H14N6O4/c15-13-14(19-24-18-13)23-8-2-7-16-10-4-5-11(20(21)22)9-3-1-6-17-12(9)10/h1,3-6,16H,2,7-8H2,(H2,15,18). The van der Waals surface area contributed by atoms with Gasteiger partial charge in [0.1, 0.15) is 5.52 Å². The van der Waals surface area contributed by atoms with Crippen LogP contribution in [0.5, 0.6) is 5.88 Å². The molecule has 3 N–H and O–H groups in total. The minimum atomic E-state index is -0.419. The minimum Gasteiger partial charge on any atom is -0.473 e. The third-order valence-corrected chi connectivity index (χ3v) is 3.30. The lowest BCUT2D eigenvalue weighted by atomic mass is 10.1. The maximum absolute atomic E-state index is 11.1. The molecule has 0 unspecified atom stereocenters. The van der Waals surface area contributed by atoms with E-state index in [4.69, 9.17) is 10.5 Å². The highest BCUT2D eigenvalue weighted by molar-refractivity contribution is 5.96. The molecule has 24 heavy (non-hydrogen) atoms. The van der Waals surface area contributed by atoms with E-state index in [1.54, 1.807) is 24.4 Å². The van der Waals surface area contributed by atoms with Crippen LogP contribution >= 0.6 is 0 Å². The Balaban J connectivity index is 1.62. The number of nitro groups is 1. The summed E-state index contributed by atoms with van der Waals surface area (Å²) in [6.45, 7) is 0.943. The highest BCUT2D eigenvalue weighted by atomic mass is 16.6. The van der Waals surface area contributed by atoms with E-state index in [0.29, 0.717) is 30.5 Å². The van der Waals surface area contributed by atoms with Crippen molar-refractivity contribution in [3.05, 3.63) is 40.6 Å². The van der Waals surface area contributed by atoms with Crippen LogP contribution in [0.15, 0.2) is 35.1 Å². The van der Waals surface area contributed by atoms with Crippen LogP contribution in [-0.2, 0) is 0 Å². The molecular weight excluding hydrogens is 316 g/mol. The van der Waals surface area contributed by atoms with Gasteiger partial charge in [0.2, 0.25) is 5.82 Å². The van der Waals surface area contributed by atoms with Crippen LogP contribution in [0.1, 0.15) is 6.42 Å². The van der Waals surface area contributed by atoms with Crippen molar-refractivity contribution in [2.45, 2.75) is 6.42 Å². The fraction of sp³-hybridized carbons (Fsp3) is 0.214. The Labute approximate surface area is 135 Å². The first-order chi connectivity index (χ1) is 11.7. The summed E-state index contributed by atoms with van der Waals surface area (Å²) in [6.07, 6.45) is 2.25. The fourth-order valence-electron chi connectivity index (χ4n) is 2.21. The van der Waals surface area contributed by atoms with Gasteiger partial charge in [-0.25, -0.2) is 4.63 Å². The van der Waals surface area contributed by atoms with Gasteiger partial charge >= 0.3 is 0 Å². The third-order valence-electron chi connectivity index (χ3n) is 3.30. The molecule has 10 nitrogen and oxygen atoms in total. The number of ether oxygens (including phenoxy) is 1. The molecule has 0 radical (unpaired) electrons. The molecule has 0 amide bonds. The number of benzene rings is 1. The molecule has 0 bridgehead atoms. The van der Waals surface area contributed by atoms with Gasteiger partial charge in [0, 0.05) is 18.8 Å². The molecule has 0 spiro atoms. The molecule has 124 valence electrons. The Bertz CT molecular complexity index is 865. The van der Waals surface area contributed by atoms with E-state index in [1.165, 1.54) is 6.07 Å². The van der Waals surface area contributed by atoms with Crippen molar-refractivity contribution in [2.24, 2.45) is 0 Å². The first-order valence-corrected chi connectivity index (χ1v) is 7.13. The van der Waals surface area contributed by atoms with E-state index < -0.39 is 4.92 Å². The van der Waals surface area contributed by atoms with Crippen molar-refractivity contribution in [3.63, 3.8) is 0 Å². The summed E-state index contributed by atoms with van der Waals surface area (Å²) < 4.78 is 9.74. The van der Waals surface area contributed by atoms with Crippen molar-refractivity contribution in [3.8, 4) is 5.88 Å². The maximum atomic E-state index is 11.1. The number of rotatable bonds is 7. The smallest absolute Gasteiger partial charge is 0.300 e. The molecule has 10 heteroatoms. The molecular formula is C14H14N6O4. The first-order valence-electron chi connectivity index (χ1n) is 7.13. The number of nitrogens with two attached hydrogens (primary N) is 1. The van der Waals surface area contributed by atoms with Crippen LogP contribution < -0.4 is 15.8 Å². The van der Waals surface area contributed by atoms with Crippen molar-refractivity contribution >= 4 is 28.1 Å². The van der Waals surface area contributed by atoms with E-state index in [9.17, 15) is 10.1 Å². The van der Waals surface area contributed by atoms with Crippen LogP contribution in [0.3, 0.4) is 0 Å². The normalized spacial score (nSPS) is 10.7. The van der Waals surface area contributed by atoms with Gasteiger partial charge in [0.25, 0.3) is 11.6 Å². The molecule has 3 rings (SSSR count). The van der Waals surface area contributed by atoms with Crippen molar-refractivity contribution < 1.29 is 14.3 Å². The van der Waals surface area contributed by atoms with Gasteiger partial charge in [-0.2, -0.15) is 0 Å². The van der Waals surface area contributed by atoms with Gasteiger partial charge in [0.15, 0.2) is 0 Å². The Morgan fingerprint density at radius 1 is 1.33 bits per heavy atom. The largest absolute Gasteiger partial charge is 0.473 e. The van der Waals surface area contributed by atoms with Gasteiger partial charge in [-0.05, 0) is 34.9 Å². The van der Waals surface area contributed by atoms with Gasteiger partial charge < -0.3 is 15.8 Å². The van der Waals surface area contributed by atoms with E-state index >= 15 is 0 Å². The highest BCUT2D eigenvalue weighted by Crippen LogP contribution is 2.29. The third kappa shape index (κ3) is 3.16. The lowest BCUT2D eigenvalue weighted by Crippen LogP contribution is -2.08. The zero-order valence-electron chi connectivity index (χ0n) is 12.5. The SMILES string of the molecule is Nc1nonc1OCCCNc1ccc([N+](=O)[O-])c2cccnc12. The van der Waals surface area contributed by atoms with Crippen LogP contribution in [-0.4, -0.2) is 33.4 Å². The summed E-state index contributed by atoms with van der Waals surface area (Å²) in [5.41, 5.74) is 6.78. The average molecular weight is 330 g/mol. The van der Waals surface area contributed by atoms with E-state index in [-0.39, 0.29) is 17.4 Å². The Kier molecular flexibility index (Phi) is 4.36. The molecule has 3 aromatic rings. The minimum absolute atomic E-state index is 0.0287. The molecule has 2 heterocycles. The number of nitro benzene ring substituents is 1. The average Bonchev–Trinajstić information content (AvgIpc) is 2.99. The Morgan fingerprint density at radius 2 is 2.21 bits per heavy atom. The number of pyridine rings is 1. The number of nitrogens with zero attached hydrogens (tertiary/aromatic N) is 4. The van der Waals surface area contributed by atoms with Crippen LogP contribution in [0.25, 0.3) is 10.9 Å². The lowest BCUT2D eigenvalue weighted by molar-refractivity contribution is -0.383. The maximum Gasteiger partial charge on any atom is 0.300 e. The zero-order chi connectivity index (χ0) is 16.9. The molecule has 0 aliphatic carbocycles. The van der Waals surface area contributed by atoms with Crippen LogP contribution in [0.2, 0.25) is 0 Å². The zero-order valence-corrected chi connectivity index (χ0v) is 12.5. The molecule has 0 aliphatic rings.